The Morgan fingerprint density at radius 3 is 2.59 bits per heavy atom. The highest BCUT2D eigenvalue weighted by Gasteiger charge is 2.20. The van der Waals surface area contributed by atoms with E-state index in [0.29, 0.717) is 13.0 Å². The molecule has 1 N–H and O–H groups in total. The molecule has 0 fully saturated rings. The fraction of sp³-hybridized carbons (Fsp3) is 0.435. The monoisotopic (exact) mass is 398 g/mol. The third kappa shape index (κ3) is 5.87. The van der Waals surface area contributed by atoms with Gasteiger partial charge in [-0.3, -0.25) is 4.79 Å². The molecular weight excluding hydrogens is 368 g/mol. The maximum Gasteiger partial charge on any atom is 0.231 e. The van der Waals surface area contributed by atoms with Crippen LogP contribution in [-0.2, 0) is 11.2 Å². The van der Waals surface area contributed by atoms with Crippen molar-refractivity contribution in [2.24, 2.45) is 0 Å². The van der Waals surface area contributed by atoms with Gasteiger partial charge >= 0.3 is 0 Å². The number of carbonyl (C=O) groups excluding carboxylic acids is 1. The minimum atomic E-state index is 0.0766. The normalized spacial score (nSPS) is 13.4. The van der Waals surface area contributed by atoms with Crippen LogP contribution in [0.5, 0.6) is 17.2 Å². The number of benzene rings is 2. The number of ether oxygens (including phenoxy) is 3. The molecule has 6 nitrogen and oxygen atoms in total. The van der Waals surface area contributed by atoms with Crippen molar-refractivity contribution in [3.63, 3.8) is 0 Å². The lowest BCUT2D eigenvalue weighted by Crippen LogP contribution is -2.34. The van der Waals surface area contributed by atoms with E-state index in [1.54, 1.807) is 7.11 Å². The Morgan fingerprint density at radius 2 is 1.86 bits per heavy atom. The third-order valence-electron chi connectivity index (χ3n) is 5.18. The number of aryl methyl sites for hydroxylation is 1. The van der Waals surface area contributed by atoms with E-state index in [4.69, 9.17) is 14.2 Å². The summed E-state index contributed by atoms with van der Waals surface area (Å²) >= 11 is 0. The molecule has 1 atom stereocenters. The predicted octanol–water partition coefficient (Wildman–Crippen LogP) is 3.56. The lowest BCUT2D eigenvalue weighted by molar-refractivity contribution is -0.121. The highest BCUT2D eigenvalue weighted by Crippen LogP contribution is 2.34. The molecule has 1 amide bonds. The lowest BCUT2D eigenvalue weighted by Gasteiger charge is -2.25. The van der Waals surface area contributed by atoms with Gasteiger partial charge in [-0.15, -0.1) is 0 Å². The Labute approximate surface area is 172 Å². The molecule has 0 bridgehead atoms. The number of amides is 1. The Hall–Kier alpha value is -2.73. The van der Waals surface area contributed by atoms with Crippen LogP contribution in [0.25, 0.3) is 0 Å². The first-order valence-electron chi connectivity index (χ1n) is 10.0. The standard InChI is InChI=1S/C23H30N2O4/c1-25(2)20(18-10-13-21-22(14-18)29-16-28-21)15-24-23(26)7-5-4-6-17-8-11-19(27-3)12-9-17/h8-14,20H,4-7,15-16H2,1-3H3,(H,24,26). The molecule has 1 unspecified atom stereocenters. The topological polar surface area (TPSA) is 60.0 Å². The smallest absolute Gasteiger partial charge is 0.231 e. The second kappa shape index (κ2) is 10.2. The van der Waals surface area contributed by atoms with Crippen LogP contribution in [0.4, 0.5) is 0 Å². The van der Waals surface area contributed by atoms with E-state index in [2.05, 4.69) is 22.3 Å². The molecule has 156 valence electrons. The number of hydrogen-bond acceptors (Lipinski definition) is 5. The van der Waals surface area contributed by atoms with Gasteiger partial charge in [0.1, 0.15) is 5.75 Å². The van der Waals surface area contributed by atoms with Crippen molar-refractivity contribution < 1.29 is 19.0 Å². The van der Waals surface area contributed by atoms with E-state index in [1.807, 2.05) is 44.4 Å². The van der Waals surface area contributed by atoms with Gasteiger partial charge in [0.25, 0.3) is 0 Å². The zero-order valence-corrected chi connectivity index (χ0v) is 17.4. The summed E-state index contributed by atoms with van der Waals surface area (Å²) < 4.78 is 16.0. The number of hydrogen-bond donors (Lipinski definition) is 1. The summed E-state index contributed by atoms with van der Waals surface area (Å²) in [4.78, 5) is 14.4. The summed E-state index contributed by atoms with van der Waals surface area (Å²) in [6.45, 7) is 0.822. The molecule has 29 heavy (non-hydrogen) atoms. The van der Waals surface area contributed by atoms with Gasteiger partial charge in [-0.2, -0.15) is 0 Å². The van der Waals surface area contributed by atoms with Crippen molar-refractivity contribution in [3.05, 3.63) is 53.6 Å². The molecule has 3 rings (SSSR count). The van der Waals surface area contributed by atoms with E-state index >= 15 is 0 Å². The maximum atomic E-state index is 12.3. The van der Waals surface area contributed by atoms with Gasteiger partial charge < -0.3 is 24.4 Å². The van der Waals surface area contributed by atoms with Crippen LogP contribution in [0.3, 0.4) is 0 Å². The summed E-state index contributed by atoms with van der Waals surface area (Å²) in [5.41, 5.74) is 2.36. The van der Waals surface area contributed by atoms with E-state index in [9.17, 15) is 4.79 Å². The summed E-state index contributed by atoms with van der Waals surface area (Å²) in [5, 5.41) is 3.07. The lowest BCUT2D eigenvalue weighted by atomic mass is 10.0. The van der Waals surface area contributed by atoms with Gasteiger partial charge in [-0.25, -0.2) is 0 Å². The van der Waals surface area contributed by atoms with Crippen molar-refractivity contribution in [3.8, 4) is 17.2 Å². The SMILES string of the molecule is COc1ccc(CCCCC(=O)NCC(c2ccc3c(c2)OCO3)N(C)C)cc1. The zero-order valence-electron chi connectivity index (χ0n) is 17.4. The van der Waals surface area contributed by atoms with Crippen molar-refractivity contribution in [1.29, 1.82) is 0 Å². The van der Waals surface area contributed by atoms with Gasteiger partial charge in [0.15, 0.2) is 11.5 Å². The number of methoxy groups -OCH3 is 1. The molecule has 1 aliphatic heterocycles. The molecule has 0 radical (unpaired) electrons. The minimum absolute atomic E-state index is 0.0766. The Balaban J connectivity index is 1.42. The summed E-state index contributed by atoms with van der Waals surface area (Å²) in [6, 6.07) is 14.1. The van der Waals surface area contributed by atoms with Crippen LogP contribution in [0.2, 0.25) is 0 Å². The van der Waals surface area contributed by atoms with Crippen LogP contribution in [0, 0.1) is 0 Å². The van der Waals surface area contributed by atoms with Crippen LogP contribution in [-0.4, -0.2) is 45.3 Å². The average Bonchev–Trinajstić information content (AvgIpc) is 3.19. The first kappa shape index (κ1) is 21.0. The van der Waals surface area contributed by atoms with E-state index in [-0.39, 0.29) is 18.7 Å². The molecule has 2 aromatic rings. The number of unbranched alkanes of at least 4 members (excludes halogenated alkanes) is 1. The molecule has 0 spiro atoms. The fourth-order valence-electron chi connectivity index (χ4n) is 3.42. The van der Waals surface area contributed by atoms with E-state index < -0.39 is 0 Å². The molecule has 0 saturated heterocycles. The van der Waals surface area contributed by atoms with Crippen LogP contribution in [0.15, 0.2) is 42.5 Å². The first-order valence-corrected chi connectivity index (χ1v) is 10.0. The zero-order chi connectivity index (χ0) is 20.6. The molecule has 1 aliphatic rings. The molecule has 0 saturated carbocycles. The highest BCUT2D eigenvalue weighted by atomic mass is 16.7. The van der Waals surface area contributed by atoms with Crippen LogP contribution < -0.4 is 19.5 Å². The van der Waals surface area contributed by atoms with Gasteiger partial charge in [-0.05, 0) is 68.8 Å². The van der Waals surface area contributed by atoms with Gasteiger partial charge in [-0.1, -0.05) is 18.2 Å². The number of rotatable bonds is 10. The largest absolute Gasteiger partial charge is 0.497 e. The molecule has 0 aromatic heterocycles. The second-order valence-corrected chi connectivity index (χ2v) is 7.45. The molecular formula is C23H30N2O4. The van der Waals surface area contributed by atoms with Gasteiger partial charge in [0, 0.05) is 13.0 Å². The van der Waals surface area contributed by atoms with Gasteiger partial charge in [0.2, 0.25) is 12.7 Å². The number of carbonyl (C=O) groups is 1. The summed E-state index contributed by atoms with van der Waals surface area (Å²) in [7, 11) is 5.69. The van der Waals surface area contributed by atoms with E-state index in [0.717, 1.165) is 42.1 Å². The number of nitrogens with one attached hydrogen (secondary N) is 1. The molecule has 1 heterocycles. The Kier molecular flexibility index (Phi) is 7.36. The first-order chi connectivity index (χ1) is 14.1. The van der Waals surface area contributed by atoms with Crippen molar-refractivity contribution in [2.75, 3.05) is 34.5 Å². The molecule has 6 heteroatoms. The third-order valence-corrected chi connectivity index (χ3v) is 5.18. The molecule has 0 aliphatic carbocycles. The summed E-state index contributed by atoms with van der Waals surface area (Å²) in [5.74, 6) is 2.49. The maximum absolute atomic E-state index is 12.3. The second-order valence-electron chi connectivity index (χ2n) is 7.45. The van der Waals surface area contributed by atoms with Crippen molar-refractivity contribution in [2.45, 2.75) is 31.7 Å². The Bertz CT molecular complexity index is 805. The number of nitrogens with zero attached hydrogens (tertiary/aromatic N) is 1. The number of likely N-dealkylation sites (N-methyl/N-ethyl adjacent to an activating group) is 1. The highest BCUT2D eigenvalue weighted by molar-refractivity contribution is 5.75. The average molecular weight is 399 g/mol. The minimum Gasteiger partial charge on any atom is -0.497 e. The fourth-order valence-corrected chi connectivity index (χ4v) is 3.42. The van der Waals surface area contributed by atoms with Crippen LogP contribution >= 0.6 is 0 Å². The molecule has 2 aromatic carbocycles. The summed E-state index contributed by atoms with van der Waals surface area (Å²) in [6.07, 6.45) is 3.36. The van der Waals surface area contributed by atoms with Gasteiger partial charge in [0.05, 0.1) is 13.2 Å². The van der Waals surface area contributed by atoms with Crippen LogP contribution in [0.1, 0.15) is 36.4 Å². The number of fused-ring (bicyclic) bond motifs is 1. The quantitative estimate of drug-likeness (QED) is 0.620. The van der Waals surface area contributed by atoms with Crippen molar-refractivity contribution in [1.82, 2.24) is 10.2 Å². The van der Waals surface area contributed by atoms with E-state index in [1.165, 1.54) is 5.56 Å². The predicted molar refractivity (Wildman–Crippen MR) is 113 cm³/mol. The van der Waals surface area contributed by atoms with Crippen molar-refractivity contribution >= 4 is 5.91 Å². The Morgan fingerprint density at radius 1 is 1.10 bits per heavy atom.